The summed E-state index contributed by atoms with van der Waals surface area (Å²) < 4.78 is 11.7. The molecule has 0 spiro atoms. The number of methoxy groups -OCH3 is 2. The van der Waals surface area contributed by atoms with Gasteiger partial charge in [-0.25, -0.2) is 4.98 Å². The smallest absolute Gasteiger partial charge is 0.292 e. The Morgan fingerprint density at radius 1 is 1.07 bits per heavy atom. The van der Waals surface area contributed by atoms with Crippen molar-refractivity contribution < 1.29 is 19.1 Å². The number of benzene rings is 1. The highest BCUT2D eigenvalue weighted by Crippen LogP contribution is 2.18. The van der Waals surface area contributed by atoms with Gasteiger partial charge in [0.2, 0.25) is 5.82 Å². The Labute approximate surface area is 162 Å². The van der Waals surface area contributed by atoms with Gasteiger partial charge in [0.05, 0.1) is 12.6 Å². The third-order valence-electron chi connectivity index (χ3n) is 4.13. The minimum atomic E-state index is -0.412. The molecule has 3 rings (SSSR count). The number of pyridine rings is 1. The van der Waals surface area contributed by atoms with Gasteiger partial charge in [-0.2, -0.15) is 0 Å². The molecule has 0 unspecified atom stereocenters. The summed E-state index contributed by atoms with van der Waals surface area (Å²) in [6.07, 6.45) is 2.39. The number of hydrogen-bond acceptors (Lipinski definition) is 5. The van der Waals surface area contributed by atoms with Crippen LogP contribution in [0.15, 0.2) is 48.7 Å². The zero-order valence-corrected chi connectivity index (χ0v) is 15.8. The second-order valence-corrected chi connectivity index (χ2v) is 6.02. The summed E-state index contributed by atoms with van der Waals surface area (Å²) in [5.41, 5.74) is 1.37. The molecule has 0 saturated heterocycles. The molecule has 0 bridgehead atoms. The lowest BCUT2D eigenvalue weighted by molar-refractivity contribution is 0.0946. The van der Waals surface area contributed by atoms with Crippen LogP contribution in [0.2, 0.25) is 0 Å². The van der Waals surface area contributed by atoms with Crippen molar-refractivity contribution in [1.82, 2.24) is 14.7 Å². The molecule has 1 aromatic carbocycles. The molecule has 28 heavy (non-hydrogen) atoms. The summed E-state index contributed by atoms with van der Waals surface area (Å²) in [4.78, 5) is 29.6. The first-order valence-electron chi connectivity index (χ1n) is 8.83. The number of ether oxygens (including phenoxy) is 2. The highest BCUT2D eigenvalue weighted by atomic mass is 16.5. The lowest BCUT2D eigenvalue weighted by Crippen LogP contribution is -2.26. The van der Waals surface area contributed by atoms with Crippen LogP contribution in [-0.2, 0) is 4.74 Å². The van der Waals surface area contributed by atoms with Crippen LogP contribution < -0.4 is 15.4 Å². The Bertz CT molecular complexity index is 966. The number of aromatic nitrogens is 2. The van der Waals surface area contributed by atoms with E-state index in [0.717, 1.165) is 0 Å². The molecule has 0 fully saturated rings. The van der Waals surface area contributed by atoms with Gasteiger partial charge in [-0.1, -0.05) is 6.07 Å². The van der Waals surface area contributed by atoms with E-state index in [1.54, 1.807) is 67.3 Å². The first-order chi connectivity index (χ1) is 13.6. The Hall–Kier alpha value is -3.39. The molecular formula is C20H22N4O4. The maximum Gasteiger partial charge on any atom is 0.292 e. The summed E-state index contributed by atoms with van der Waals surface area (Å²) in [5, 5.41) is 5.59. The van der Waals surface area contributed by atoms with E-state index in [1.807, 2.05) is 0 Å². The zero-order valence-electron chi connectivity index (χ0n) is 15.8. The molecule has 0 aliphatic rings. The number of nitrogens with one attached hydrogen (secondary N) is 2. The van der Waals surface area contributed by atoms with Crippen LogP contribution in [0, 0.1) is 0 Å². The monoisotopic (exact) mass is 382 g/mol. The molecule has 146 valence electrons. The highest BCUT2D eigenvalue weighted by Gasteiger charge is 2.21. The SMILES string of the molecule is COCCCNC(=O)c1nc(C(=O)Nc2ccc(OC)cc2)n2ccccc12. The largest absolute Gasteiger partial charge is 0.497 e. The third kappa shape index (κ3) is 4.29. The predicted molar refractivity (Wildman–Crippen MR) is 105 cm³/mol. The van der Waals surface area contributed by atoms with E-state index in [2.05, 4.69) is 15.6 Å². The number of rotatable bonds is 8. The molecule has 3 aromatic rings. The molecular weight excluding hydrogens is 360 g/mol. The normalized spacial score (nSPS) is 10.6. The van der Waals surface area contributed by atoms with Crippen molar-refractivity contribution in [1.29, 1.82) is 0 Å². The molecule has 0 atom stereocenters. The molecule has 2 N–H and O–H groups in total. The summed E-state index contributed by atoms with van der Waals surface area (Å²) in [6, 6.07) is 12.3. The average molecular weight is 382 g/mol. The topological polar surface area (TPSA) is 94.0 Å². The van der Waals surface area contributed by atoms with E-state index >= 15 is 0 Å². The first-order valence-corrected chi connectivity index (χ1v) is 8.83. The maximum absolute atomic E-state index is 12.7. The van der Waals surface area contributed by atoms with Crippen LogP contribution in [0.1, 0.15) is 27.5 Å². The Kier molecular flexibility index (Phi) is 6.23. The Balaban J connectivity index is 1.82. The van der Waals surface area contributed by atoms with Gasteiger partial charge in [-0.15, -0.1) is 0 Å². The van der Waals surface area contributed by atoms with E-state index in [4.69, 9.17) is 9.47 Å². The molecule has 2 aromatic heterocycles. The number of carbonyl (C=O) groups is 2. The lowest BCUT2D eigenvalue weighted by atomic mass is 10.3. The fraction of sp³-hybridized carbons (Fsp3) is 0.250. The third-order valence-corrected chi connectivity index (χ3v) is 4.13. The fourth-order valence-electron chi connectivity index (χ4n) is 2.73. The van der Waals surface area contributed by atoms with Gasteiger partial charge in [0.25, 0.3) is 11.8 Å². The number of fused-ring (bicyclic) bond motifs is 1. The molecule has 2 heterocycles. The van der Waals surface area contributed by atoms with Crippen LogP contribution in [0.4, 0.5) is 5.69 Å². The number of carbonyl (C=O) groups excluding carboxylic acids is 2. The van der Waals surface area contributed by atoms with Gasteiger partial charge >= 0.3 is 0 Å². The fourth-order valence-corrected chi connectivity index (χ4v) is 2.73. The van der Waals surface area contributed by atoms with Crippen molar-refractivity contribution >= 4 is 23.0 Å². The van der Waals surface area contributed by atoms with Crippen LogP contribution in [-0.4, -0.2) is 48.6 Å². The van der Waals surface area contributed by atoms with Crippen LogP contribution in [0.5, 0.6) is 5.75 Å². The second kappa shape index (κ2) is 9.01. The van der Waals surface area contributed by atoms with Crippen LogP contribution in [0.3, 0.4) is 0 Å². The van der Waals surface area contributed by atoms with E-state index in [0.29, 0.717) is 36.5 Å². The van der Waals surface area contributed by atoms with Crippen molar-refractivity contribution in [3.8, 4) is 5.75 Å². The van der Waals surface area contributed by atoms with Crippen LogP contribution >= 0.6 is 0 Å². The molecule has 0 radical (unpaired) electrons. The Morgan fingerprint density at radius 3 is 2.57 bits per heavy atom. The number of imidazole rings is 1. The van der Waals surface area contributed by atoms with Crippen molar-refractivity contribution in [3.63, 3.8) is 0 Å². The summed E-state index contributed by atoms with van der Waals surface area (Å²) in [6.45, 7) is 1.02. The average Bonchev–Trinajstić information content (AvgIpc) is 3.11. The van der Waals surface area contributed by atoms with Crippen molar-refractivity contribution in [2.75, 3.05) is 32.7 Å². The molecule has 8 heteroatoms. The second-order valence-electron chi connectivity index (χ2n) is 6.02. The predicted octanol–water partition coefficient (Wildman–Crippen LogP) is 2.36. The van der Waals surface area contributed by atoms with Gasteiger partial charge in [-0.05, 0) is 42.8 Å². The number of anilines is 1. The van der Waals surface area contributed by atoms with Gasteiger partial charge in [0, 0.05) is 32.1 Å². The summed E-state index contributed by atoms with van der Waals surface area (Å²) in [5.74, 6) is 0.0817. The Morgan fingerprint density at radius 2 is 1.86 bits per heavy atom. The number of amides is 2. The lowest BCUT2D eigenvalue weighted by Gasteiger charge is -2.05. The van der Waals surface area contributed by atoms with E-state index in [-0.39, 0.29) is 17.4 Å². The van der Waals surface area contributed by atoms with Crippen LogP contribution in [0.25, 0.3) is 5.52 Å². The van der Waals surface area contributed by atoms with E-state index in [9.17, 15) is 9.59 Å². The van der Waals surface area contributed by atoms with Gasteiger partial charge in [-0.3, -0.25) is 14.0 Å². The standard InChI is InChI=1S/C20H22N4O4/c1-27-13-5-11-21-19(25)17-16-6-3-4-12-24(16)18(23-17)20(26)22-14-7-9-15(28-2)10-8-14/h3-4,6-10,12H,5,11,13H2,1-2H3,(H,21,25)(H,22,26). The van der Waals surface area contributed by atoms with Gasteiger partial charge < -0.3 is 20.1 Å². The van der Waals surface area contributed by atoms with Gasteiger partial charge in [0.1, 0.15) is 5.75 Å². The molecule has 2 amide bonds. The molecule has 8 nitrogen and oxygen atoms in total. The minimum absolute atomic E-state index is 0.133. The maximum atomic E-state index is 12.7. The first kappa shape index (κ1) is 19.4. The molecule has 0 saturated carbocycles. The summed E-state index contributed by atoms with van der Waals surface area (Å²) in [7, 11) is 3.19. The zero-order chi connectivity index (χ0) is 19.9. The minimum Gasteiger partial charge on any atom is -0.497 e. The van der Waals surface area contributed by atoms with Gasteiger partial charge in [0.15, 0.2) is 5.69 Å². The quantitative estimate of drug-likeness (QED) is 0.584. The van der Waals surface area contributed by atoms with E-state index < -0.39 is 5.91 Å². The van der Waals surface area contributed by atoms with Crippen molar-refractivity contribution in [3.05, 3.63) is 60.2 Å². The highest BCUT2D eigenvalue weighted by molar-refractivity contribution is 6.06. The summed E-state index contributed by atoms with van der Waals surface area (Å²) >= 11 is 0. The number of nitrogens with zero attached hydrogens (tertiary/aromatic N) is 2. The molecule has 0 aliphatic heterocycles. The number of hydrogen-bond donors (Lipinski definition) is 2. The van der Waals surface area contributed by atoms with Crippen molar-refractivity contribution in [2.24, 2.45) is 0 Å². The van der Waals surface area contributed by atoms with Crippen molar-refractivity contribution in [2.45, 2.75) is 6.42 Å². The van der Waals surface area contributed by atoms with E-state index in [1.165, 1.54) is 0 Å². The molecule has 0 aliphatic carbocycles.